The van der Waals surface area contributed by atoms with Gasteiger partial charge in [0.1, 0.15) is 11.8 Å². The van der Waals surface area contributed by atoms with Crippen LogP contribution >= 0.6 is 27.5 Å². The Morgan fingerprint density at radius 1 is 1.33 bits per heavy atom. The first-order chi connectivity index (χ1) is 10.2. The van der Waals surface area contributed by atoms with Crippen molar-refractivity contribution in [1.29, 1.82) is 5.26 Å². The SMILES string of the molecule is N#Cc1cc(N2CCCC2c2ccc(Br)cc2Cl)ccn1. The predicted octanol–water partition coefficient (Wildman–Crippen LogP) is 4.71. The van der Waals surface area contributed by atoms with Crippen molar-refractivity contribution in [2.24, 2.45) is 0 Å². The standard InChI is InChI=1S/C16H13BrClN3/c17-11-3-4-14(15(18)8-11)16-2-1-7-21(16)13-5-6-20-12(9-13)10-19/h3-6,8-9,16H,1-2,7H2. The summed E-state index contributed by atoms with van der Waals surface area (Å²) >= 11 is 9.84. The average Bonchev–Trinajstić information content (AvgIpc) is 2.96. The minimum atomic E-state index is 0.250. The molecule has 21 heavy (non-hydrogen) atoms. The fourth-order valence-electron chi connectivity index (χ4n) is 2.83. The molecule has 3 rings (SSSR count). The smallest absolute Gasteiger partial charge is 0.142 e. The van der Waals surface area contributed by atoms with Gasteiger partial charge in [0.2, 0.25) is 0 Å². The van der Waals surface area contributed by atoms with E-state index in [4.69, 9.17) is 16.9 Å². The van der Waals surface area contributed by atoms with Crippen LogP contribution in [0, 0.1) is 11.3 Å². The zero-order valence-corrected chi connectivity index (χ0v) is 13.6. The number of rotatable bonds is 2. The van der Waals surface area contributed by atoms with Gasteiger partial charge in [-0.05, 0) is 42.7 Å². The molecule has 0 saturated carbocycles. The molecule has 5 heteroatoms. The van der Waals surface area contributed by atoms with Gasteiger partial charge in [-0.25, -0.2) is 4.98 Å². The van der Waals surface area contributed by atoms with Crippen molar-refractivity contribution in [3.8, 4) is 6.07 Å². The molecule has 1 aromatic carbocycles. The van der Waals surface area contributed by atoms with E-state index in [0.717, 1.165) is 40.1 Å². The fraction of sp³-hybridized carbons (Fsp3) is 0.250. The molecular formula is C16H13BrClN3. The van der Waals surface area contributed by atoms with Crippen LogP contribution in [0.4, 0.5) is 5.69 Å². The van der Waals surface area contributed by atoms with Crippen molar-refractivity contribution in [3.63, 3.8) is 0 Å². The maximum absolute atomic E-state index is 9.01. The third-order valence-electron chi connectivity index (χ3n) is 3.76. The normalized spacial score (nSPS) is 17.8. The van der Waals surface area contributed by atoms with Gasteiger partial charge in [-0.15, -0.1) is 0 Å². The lowest BCUT2D eigenvalue weighted by Gasteiger charge is -2.28. The second-order valence-corrected chi connectivity index (χ2v) is 6.35. The summed E-state index contributed by atoms with van der Waals surface area (Å²) in [6, 6.07) is 12.2. The molecule has 2 heterocycles. The maximum Gasteiger partial charge on any atom is 0.142 e. The maximum atomic E-state index is 9.01. The molecule has 0 radical (unpaired) electrons. The Morgan fingerprint density at radius 2 is 2.19 bits per heavy atom. The van der Waals surface area contributed by atoms with Crippen LogP contribution in [0.1, 0.15) is 30.1 Å². The van der Waals surface area contributed by atoms with Crippen LogP contribution in [0.25, 0.3) is 0 Å². The van der Waals surface area contributed by atoms with Crippen LogP contribution < -0.4 is 4.90 Å². The second-order valence-electron chi connectivity index (χ2n) is 5.03. The fourth-order valence-corrected chi connectivity index (χ4v) is 3.63. The molecule has 3 nitrogen and oxygen atoms in total. The van der Waals surface area contributed by atoms with Crippen LogP contribution in [-0.2, 0) is 0 Å². The number of aromatic nitrogens is 1. The van der Waals surface area contributed by atoms with E-state index in [1.54, 1.807) is 6.20 Å². The van der Waals surface area contributed by atoms with E-state index in [1.165, 1.54) is 0 Å². The molecule has 0 spiro atoms. The third kappa shape index (κ3) is 2.90. The van der Waals surface area contributed by atoms with Gasteiger partial charge < -0.3 is 4.90 Å². The average molecular weight is 363 g/mol. The van der Waals surface area contributed by atoms with Gasteiger partial charge in [-0.1, -0.05) is 33.6 Å². The molecule has 1 saturated heterocycles. The summed E-state index contributed by atoms with van der Waals surface area (Å²) in [4.78, 5) is 6.34. The summed E-state index contributed by atoms with van der Waals surface area (Å²) < 4.78 is 0.983. The van der Waals surface area contributed by atoms with Gasteiger partial charge in [0.25, 0.3) is 0 Å². The summed E-state index contributed by atoms with van der Waals surface area (Å²) in [6.07, 6.45) is 3.86. The quantitative estimate of drug-likeness (QED) is 0.776. The number of nitriles is 1. The van der Waals surface area contributed by atoms with Crippen LogP contribution in [0.5, 0.6) is 0 Å². The molecule has 1 aliphatic rings. The van der Waals surface area contributed by atoms with Crippen molar-refractivity contribution >= 4 is 33.2 Å². The Hall–Kier alpha value is -1.57. The van der Waals surface area contributed by atoms with E-state index < -0.39 is 0 Å². The Labute approximate surface area is 137 Å². The first-order valence-corrected chi connectivity index (χ1v) is 7.94. The number of benzene rings is 1. The van der Waals surface area contributed by atoms with Gasteiger partial charge in [0.15, 0.2) is 0 Å². The molecule has 1 unspecified atom stereocenters. The van der Waals surface area contributed by atoms with E-state index in [0.29, 0.717) is 5.69 Å². The lowest BCUT2D eigenvalue weighted by atomic mass is 10.0. The van der Waals surface area contributed by atoms with Crippen molar-refractivity contribution in [2.75, 3.05) is 11.4 Å². The minimum absolute atomic E-state index is 0.250. The summed E-state index contributed by atoms with van der Waals surface area (Å²) in [7, 11) is 0. The summed E-state index contributed by atoms with van der Waals surface area (Å²) in [5, 5.41) is 9.78. The summed E-state index contributed by atoms with van der Waals surface area (Å²) in [5.41, 5.74) is 2.61. The van der Waals surface area contributed by atoms with Crippen molar-refractivity contribution < 1.29 is 0 Å². The third-order valence-corrected chi connectivity index (χ3v) is 4.58. The van der Waals surface area contributed by atoms with Crippen LogP contribution in [0.15, 0.2) is 41.0 Å². The lowest BCUT2D eigenvalue weighted by molar-refractivity contribution is 0.719. The van der Waals surface area contributed by atoms with Gasteiger partial charge in [-0.3, -0.25) is 0 Å². The highest BCUT2D eigenvalue weighted by molar-refractivity contribution is 9.10. The largest absolute Gasteiger partial charge is 0.364 e. The molecule has 0 aliphatic carbocycles. The van der Waals surface area contributed by atoms with Crippen LogP contribution in [0.3, 0.4) is 0 Å². The molecule has 0 N–H and O–H groups in total. The van der Waals surface area contributed by atoms with Crippen molar-refractivity contribution in [1.82, 2.24) is 4.98 Å². The van der Waals surface area contributed by atoms with Crippen molar-refractivity contribution in [2.45, 2.75) is 18.9 Å². The van der Waals surface area contributed by atoms with Gasteiger partial charge >= 0.3 is 0 Å². The number of pyridine rings is 1. The Morgan fingerprint density at radius 3 is 2.95 bits per heavy atom. The number of halogens is 2. The van der Waals surface area contributed by atoms with Gasteiger partial charge in [0.05, 0.1) is 6.04 Å². The molecule has 106 valence electrons. The Kier molecular flexibility index (Phi) is 4.14. The molecule has 1 fully saturated rings. The Bertz CT molecular complexity index is 711. The number of anilines is 1. The molecule has 1 atom stereocenters. The van der Waals surface area contributed by atoms with E-state index in [9.17, 15) is 0 Å². The topological polar surface area (TPSA) is 39.9 Å². The number of hydrogen-bond acceptors (Lipinski definition) is 3. The zero-order chi connectivity index (χ0) is 14.8. The minimum Gasteiger partial charge on any atom is -0.364 e. The molecular weight excluding hydrogens is 350 g/mol. The molecule has 1 aliphatic heterocycles. The second kappa shape index (κ2) is 6.05. The highest BCUT2D eigenvalue weighted by Crippen LogP contribution is 2.39. The first kappa shape index (κ1) is 14.4. The van der Waals surface area contributed by atoms with E-state index in [2.05, 4.69) is 37.9 Å². The van der Waals surface area contributed by atoms with Crippen LogP contribution in [0.2, 0.25) is 5.02 Å². The zero-order valence-electron chi connectivity index (χ0n) is 11.3. The monoisotopic (exact) mass is 361 g/mol. The highest BCUT2D eigenvalue weighted by Gasteiger charge is 2.28. The lowest BCUT2D eigenvalue weighted by Crippen LogP contribution is -2.22. The van der Waals surface area contributed by atoms with E-state index in [-0.39, 0.29) is 6.04 Å². The van der Waals surface area contributed by atoms with Crippen molar-refractivity contribution in [3.05, 3.63) is 57.3 Å². The summed E-state index contributed by atoms with van der Waals surface area (Å²) in [6.45, 7) is 0.964. The summed E-state index contributed by atoms with van der Waals surface area (Å²) in [5.74, 6) is 0. The first-order valence-electron chi connectivity index (χ1n) is 6.77. The molecule has 2 aromatic rings. The van der Waals surface area contributed by atoms with Crippen LogP contribution in [-0.4, -0.2) is 11.5 Å². The van der Waals surface area contributed by atoms with Gasteiger partial charge in [-0.2, -0.15) is 5.26 Å². The van der Waals surface area contributed by atoms with E-state index >= 15 is 0 Å². The molecule has 0 bridgehead atoms. The number of nitrogens with zero attached hydrogens (tertiary/aromatic N) is 3. The molecule has 0 amide bonds. The van der Waals surface area contributed by atoms with E-state index in [1.807, 2.05) is 24.3 Å². The number of hydrogen-bond donors (Lipinski definition) is 0. The highest BCUT2D eigenvalue weighted by atomic mass is 79.9. The molecule has 1 aromatic heterocycles. The Balaban J connectivity index is 1.97. The predicted molar refractivity (Wildman–Crippen MR) is 87.4 cm³/mol. The van der Waals surface area contributed by atoms with Gasteiger partial charge in [0, 0.05) is 27.9 Å².